The van der Waals surface area contributed by atoms with Crippen LogP contribution in [0.4, 0.5) is 0 Å². The molecule has 0 aromatic heterocycles. The van der Waals surface area contributed by atoms with Gasteiger partial charge in [0.15, 0.2) is 5.78 Å². The average molecular weight is 393 g/mol. The van der Waals surface area contributed by atoms with Crippen molar-refractivity contribution in [3.8, 4) is 0 Å². The molecule has 3 nitrogen and oxygen atoms in total. The van der Waals surface area contributed by atoms with Crippen molar-refractivity contribution in [1.29, 1.82) is 0 Å². The van der Waals surface area contributed by atoms with Crippen molar-refractivity contribution in [1.82, 2.24) is 0 Å². The maximum Gasteiger partial charge on any atom is 0.308 e. The van der Waals surface area contributed by atoms with Gasteiger partial charge >= 0.3 is 5.97 Å². The third kappa shape index (κ3) is 5.58. The van der Waals surface area contributed by atoms with Gasteiger partial charge in [0.2, 0.25) is 0 Å². The predicted molar refractivity (Wildman–Crippen MR) is 105 cm³/mol. The van der Waals surface area contributed by atoms with E-state index in [4.69, 9.17) is 27.9 Å². The van der Waals surface area contributed by atoms with Crippen LogP contribution in [-0.4, -0.2) is 17.9 Å². The molecule has 0 radical (unpaired) electrons. The number of rotatable bonds is 7. The molecule has 0 aliphatic heterocycles. The first-order valence-electron chi connectivity index (χ1n) is 8.53. The number of benzene rings is 2. The minimum absolute atomic E-state index is 0.0758. The van der Waals surface area contributed by atoms with E-state index in [1.807, 2.05) is 6.07 Å². The lowest BCUT2D eigenvalue weighted by atomic mass is 9.84. The summed E-state index contributed by atoms with van der Waals surface area (Å²) in [7, 11) is 0. The lowest BCUT2D eigenvalue weighted by Crippen LogP contribution is -2.24. The van der Waals surface area contributed by atoms with Crippen LogP contribution in [0.2, 0.25) is 10.0 Å². The van der Waals surface area contributed by atoms with Gasteiger partial charge in [-0.3, -0.25) is 9.59 Å². The second kappa shape index (κ2) is 9.20. The molecule has 2 aromatic rings. The number of carbonyl (C=O) groups is 2. The van der Waals surface area contributed by atoms with E-state index in [-0.39, 0.29) is 17.9 Å². The Kier molecular flexibility index (Phi) is 7.24. The van der Waals surface area contributed by atoms with Gasteiger partial charge in [0.25, 0.3) is 0 Å². The van der Waals surface area contributed by atoms with Gasteiger partial charge < -0.3 is 4.74 Å². The van der Waals surface area contributed by atoms with E-state index in [1.165, 1.54) is 0 Å². The summed E-state index contributed by atoms with van der Waals surface area (Å²) in [5.41, 5.74) is 1.32. The molecule has 0 saturated carbocycles. The minimum atomic E-state index is -0.496. The summed E-state index contributed by atoms with van der Waals surface area (Å²) < 4.78 is 5.28. The number of esters is 1. The molecule has 2 atom stereocenters. The van der Waals surface area contributed by atoms with Crippen molar-refractivity contribution in [2.24, 2.45) is 5.92 Å². The third-order valence-electron chi connectivity index (χ3n) is 4.04. The predicted octanol–water partition coefficient (Wildman–Crippen LogP) is 5.94. The zero-order valence-electron chi connectivity index (χ0n) is 15.0. The van der Waals surface area contributed by atoms with Gasteiger partial charge in [-0.05, 0) is 62.2 Å². The van der Waals surface area contributed by atoms with Crippen LogP contribution in [0, 0.1) is 5.92 Å². The molecular weight excluding hydrogens is 371 g/mol. The SMILES string of the molecule is CC(C)OC(=O)C(C)CC(C(=O)c1ccc(Cl)cc1)c1cccc(Cl)c1. The molecular formula is C21H22Cl2O3. The molecule has 26 heavy (non-hydrogen) atoms. The van der Waals surface area contributed by atoms with Crippen molar-refractivity contribution >= 4 is 35.0 Å². The highest BCUT2D eigenvalue weighted by atomic mass is 35.5. The molecule has 0 aliphatic carbocycles. The Morgan fingerprint density at radius 3 is 2.19 bits per heavy atom. The van der Waals surface area contributed by atoms with Crippen LogP contribution < -0.4 is 0 Å². The summed E-state index contributed by atoms with van der Waals surface area (Å²) in [6, 6.07) is 13.9. The number of hydrogen-bond donors (Lipinski definition) is 0. The van der Waals surface area contributed by atoms with Gasteiger partial charge in [0.1, 0.15) is 0 Å². The Hall–Kier alpha value is -1.84. The van der Waals surface area contributed by atoms with Crippen LogP contribution in [0.1, 0.15) is 49.0 Å². The smallest absolute Gasteiger partial charge is 0.308 e. The van der Waals surface area contributed by atoms with Crippen molar-refractivity contribution in [2.45, 2.75) is 39.2 Å². The molecule has 5 heteroatoms. The van der Waals surface area contributed by atoms with Gasteiger partial charge in [-0.2, -0.15) is 0 Å². The summed E-state index contributed by atoms with van der Waals surface area (Å²) in [5.74, 6) is -1.30. The lowest BCUT2D eigenvalue weighted by molar-refractivity contribution is -0.152. The Morgan fingerprint density at radius 2 is 1.62 bits per heavy atom. The van der Waals surface area contributed by atoms with E-state index in [0.29, 0.717) is 22.0 Å². The van der Waals surface area contributed by atoms with Crippen molar-refractivity contribution in [3.63, 3.8) is 0 Å². The molecule has 2 rings (SSSR count). The summed E-state index contributed by atoms with van der Waals surface area (Å²) in [4.78, 5) is 25.3. The fourth-order valence-electron chi connectivity index (χ4n) is 2.73. The summed E-state index contributed by atoms with van der Waals surface area (Å²) in [6.07, 6.45) is 0.148. The number of hydrogen-bond acceptors (Lipinski definition) is 3. The fourth-order valence-corrected chi connectivity index (χ4v) is 3.06. The molecule has 0 heterocycles. The van der Waals surface area contributed by atoms with Crippen LogP contribution >= 0.6 is 23.2 Å². The van der Waals surface area contributed by atoms with Crippen LogP contribution in [0.15, 0.2) is 48.5 Å². The van der Waals surface area contributed by atoms with Gasteiger partial charge in [0, 0.05) is 21.5 Å². The highest BCUT2D eigenvalue weighted by Gasteiger charge is 2.28. The highest BCUT2D eigenvalue weighted by molar-refractivity contribution is 6.31. The molecule has 0 saturated heterocycles. The van der Waals surface area contributed by atoms with E-state index in [2.05, 4.69) is 0 Å². The molecule has 0 spiro atoms. The van der Waals surface area contributed by atoms with Crippen molar-refractivity contribution in [3.05, 3.63) is 69.7 Å². The zero-order chi connectivity index (χ0) is 19.3. The molecule has 2 unspecified atom stereocenters. The number of carbonyl (C=O) groups excluding carboxylic acids is 2. The maximum atomic E-state index is 13.1. The highest BCUT2D eigenvalue weighted by Crippen LogP contribution is 2.30. The van der Waals surface area contributed by atoms with E-state index < -0.39 is 11.8 Å². The Morgan fingerprint density at radius 1 is 0.962 bits per heavy atom. The number of ether oxygens (including phenoxy) is 1. The normalized spacial score (nSPS) is 13.3. The largest absolute Gasteiger partial charge is 0.463 e. The first-order chi connectivity index (χ1) is 12.3. The molecule has 0 fully saturated rings. The number of ketones is 1. The lowest BCUT2D eigenvalue weighted by Gasteiger charge is -2.21. The van der Waals surface area contributed by atoms with Crippen molar-refractivity contribution < 1.29 is 14.3 Å². The standard InChI is InChI=1S/C21H22Cl2O3/c1-13(2)26-21(25)14(3)11-19(16-5-4-6-18(23)12-16)20(24)15-7-9-17(22)10-8-15/h4-10,12-14,19H,11H2,1-3H3. The number of Topliss-reactive ketones (excluding diaryl/α,β-unsaturated/α-hetero) is 1. The Bertz CT molecular complexity index is 769. The molecule has 138 valence electrons. The molecule has 0 aliphatic rings. The monoisotopic (exact) mass is 392 g/mol. The second-order valence-corrected chi connectivity index (χ2v) is 7.47. The van der Waals surface area contributed by atoms with E-state index in [9.17, 15) is 9.59 Å². The summed E-state index contributed by atoms with van der Waals surface area (Å²) in [5, 5.41) is 1.11. The van der Waals surface area contributed by atoms with Gasteiger partial charge in [-0.1, -0.05) is 42.3 Å². The van der Waals surface area contributed by atoms with Crippen molar-refractivity contribution in [2.75, 3.05) is 0 Å². The van der Waals surface area contributed by atoms with E-state index in [0.717, 1.165) is 5.56 Å². The number of halogens is 2. The van der Waals surface area contributed by atoms with Gasteiger partial charge in [0.05, 0.1) is 12.0 Å². The van der Waals surface area contributed by atoms with E-state index >= 15 is 0 Å². The summed E-state index contributed by atoms with van der Waals surface area (Å²) in [6.45, 7) is 5.38. The van der Waals surface area contributed by atoms with Gasteiger partial charge in [-0.15, -0.1) is 0 Å². The molecule has 0 N–H and O–H groups in total. The third-order valence-corrected chi connectivity index (χ3v) is 4.53. The first-order valence-corrected chi connectivity index (χ1v) is 9.29. The van der Waals surface area contributed by atoms with Crippen LogP contribution in [0.25, 0.3) is 0 Å². The minimum Gasteiger partial charge on any atom is -0.463 e. The maximum absolute atomic E-state index is 13.1. The molecule has 0 amide bonds. The average Bonchev–Trinajstić information content (AvgIpc) is 2.59. The van der Waals surface area contributed by atoms with Crippen LogP contribution in [-0.2, 0) is 9.53 Å². The Balaban J connectivity index is 2.31. The van der Waals surface area contributed by atoms with Crippen LogP contribution in [0.3, 0.4) is 0 Å². The van der Waals surface area contributed by atoms with Crippen LogP contribution in [0.5, 0.6) is 0 Å². The Labute approximate surface area is 164 Å². The van der Waals surface area contributed by atoms with E-state index in [1.54, 1.807) is 63.2 Å². The fraction of sp³-hybridized carbons (Fsp3) is 0.333. The first kappa shape index (κ1) is 20.5. The second-order valence-electron chi connectivity index (χ2n) is 6.60. The summed E-state index contributed by atoms with van der Waals surface area (Å²) >= 11 is 12.0. The van der Waals surface area contributed by atoms with Gasteiger partial charge in [-0.25, -0.2) is 0 Å². The topological polar surface area (TPSA) is 43.4 Å². The quantitative estimate of drug-likeness (QED) is 0.432. The molecule has 0 bridgehead atoms. The molecule has 2 aromatic carbocycles. The zero-order valence-corrected chi connectivity index (χ0v) is 16.6.